The van der Waals surface area contributed by atoms with Crippen LogP contribution in [0.3, 0.4) is 0 Å². The summed E-state index contributed by atoms with van der Waals surface area (Å²) in [6.07, 6.45) is 5.50. The van der Waals surface area contributed by atoms with Gasteiger partial charge in [0.1, 0.15) is 6.07 Å². The molecular weight excluding hydrogens is 516 g/mol. The van der Waals surface area contributed by atoms with Crippen LogP contribution in [-0.2, 0) is 13.0 Å². The first-order valence-corrected chi connectivity index (χ1v) is 13.3. The fraction of sp³-hybridized carbons (Fsp3) is 0.194. The van der Waals surface area contributed by atoms with Crippen molar-refractivity contribution < 1.29 is 9.84 Å². The maximum Gasteiger partial charge on any atom is 0.246 e. The molecule has 0 atom stereocenters. The molecule has 0 bridgehead atoms. The molecule has 4 N–H and O–H groups in total. The smallest absolute Gasteiger partial charge is 0.246 e. The quantitative estimate of drug-likeness (QED) is 0.166. The number of nitriles is 1. The molecule has 3 aromatic heterocycles. The highest BCUT2D eigenvalue weighted by atomic mass is 16.5. The van der Waals surface area contributed by atoms with Crippen LogP contribution >= 0.6 is 0 Å². The lowest BCUT2D eigenvalue weighted by Gasteiger charge is -2.13. The zero-order valence-corrected chi connectivity index (χ0v) is 22.6. The normalized spacial score (nSPS) is 10.8. The maximum absolute atomic E-state index is 9.20. The van der Waals surface area contributed by atoms with Gasteiger partial charge in [-0.25, -0.2) is 4.98 Å². The lowest BCUT2D eigenvalue weighted by molar-refractivity contribution is 0.288. The second-order valence-electron chi connectivity index (χ2n) is 9.36. The Morgan fingerprint density at radius 1 is 1.02 bits per heavy atom. The topological polar surface area (TPSA) is 145 Å². The molecule has 0 amide bonds. The fourth-order valence-corrected chi connectivity index (χ4v) is 4.47. The number of aliphatic hydroxyl groups is 1. The van der Waals surface area contributed by atoms with Crippen molar-refractivity contribution in [1.29, 1.82) is 5.26 Å². The number of pyridine rings is 2. The zero-order valence-electron chi connectivity index (χ0n) is 22.6. The predicted octanol–water partition coefficient (Wildman–Crippen LogP) is 4.56. The van der Waals surface area contributed by atoms with E-state index in [9.17, 15) is 5.11 Å². The Morgan fingerprint density at radius 3 is 2.71 bits per heavy atom. The molecule has 0 aliphatic rings. The minimum Gasteiger partial charge on any atom is -0.477 e. The number of aliphatic hydroxyl groups excluding tert-OH is 1. The van der Waals surface area contributed by atoms with Crippen LogP contribution in [0.4, 0.5) is 11.6 Å². The molecule has 5 aromatic rings. The zero-order chi connectivity index (χ0) is 28.4. The second kappa shape index (κ2) is 13.3. The van der Waals surface area contributed by atoms with E-state index in [0.29, 0.717) is 55.0 Å². The number of ether oxygens (including phenoxy) is 1. The maximum atomic E-state index is 9.20. The third-order valence-electron chi connectivity index (χ3n) is 6.50. The number of benzene rings is 2. The minimum absolute atomic E-state index is 0.0225. The van der Waals surface area contributed by atoms with E-state index >= 15 is 0 Å². The van der Waals surface area contributed by atoms with Crippen molar-refractivity contribution in [2.75, 3.05) is 25.1 Å². The number of aromatic nitrogens is 5. The molecule has 0 unspecified atom stereocenters. The van der Waals surface area contributed by atoms with E-state index in [1.807, 2.05) is 36.4 Å². The van der Waals surface area contributed by atoms with Gasteiger partial charge >= 0.3 is 0 Å². The summed E-state index contributed by atoms with van der Waals surface area (Å²) < 4.78 is 5.98. The average molecular weight is 547 g/mol. The van der Waals surface area contributed by atoms with Gasteiger partial charge in [-0.05, 0) is 41.3 Å². The minimum atomic E-state index is 0.0225. The molecule has 3 heterocycles. The van der Waals surface area contributed by atoms with Crippen LogP contribution in [0.25, 0.3) is 22.5 Å². The van der Waals surface area contributed by atoms with Gasteiger partial charge in [0.2, 0.25) is 11.8 Å². The molecule has 206 valence electrons. The van der Waals surface area contributed by atoms with Crippen molar-refractivity contribution in [2.45, 2.75) is 19.9 Å². The summed E-state index contributed by atoms with van der Waals surface area (Å²) in [7, 11) is 0. The van der Waals surface area contributed by atoms with Crippen molar-refractivity contribution in [3.8, 4) is 34.5 Å². The second-order valence-corrected chi connectivity index (χ2v) is 9.36. The van der Waals surface area contributed by atoms with E-state index in [1.54, 1.807) is 18.5 Å². The molecule has 0 saturated carbocycles. The lowest BCUT2D eigenvalue weighted by atomic mass is 9.96. The van der Waals surface area contributed by atoms with Gasteiger partial charge in [-0.1, -0.05) is 48.5 Å². The molecule has 10 nitrogen and oxygen atoms in total. The summed E-state index contributed by atoms with van der Waals surface area (Å²) in [5, 5.41) is 32.1. The van der Waals surface area contributed by atoms with Gasteiger partial charge in [0.25, 0.3) is 0 Å². The Balaban J connectivity index is 1.30. The highest BCUT2D eigenvalue weighted by Gasteiger charge is 2.13. The van der Waals surface area contributed by atoms with Crippen molar-refractivity contribution >= 4 is 11.6 Å². The van der Waals surface area contributed by atoms with Gasteiger partial charge in [0.05, 0.1) is 30.7 Å². The SMILES string of the molecule is Cc1c(-c2ccccc2)cccc1-c1nc(Nc2cnc(OCCc3cncc(C#N)c3)c(CNCCO)c2)n[nH]1. The summed E-state index contributed by atoms with van der Waals surface area (Å²) in [6.45, 7) is 3.37. The monoisotopic (exact) mass is 546 g/mol. The molecule has 10 heteroatoms. The first-order chi connectivity index (χ1) is 20.1. The van der Waals surface area contributed by atoms with E-state index in [1.165, 1.54) is 6.20 Å². The lowest BCUT2D eigenvalue weighted by Crippen LogP contribution is -2.18. The Morgan fingerprint density at radius 2 is 1.88 bits per heavy atom. The largest absolute Gasteiger partial charge is 0.477 e. The highest BCUT2D eigenvalue weighted by Crippen LogP contribution is 2.31. The van der Waals surface area contributed by atoms with Gasteiger partial charge < -0.3 is 20.5 Å². The van der Waals surface area contributed by atoms with Crippen LogP contribution in [0.5, 0.6) is 5.88 Å². The molecule has 0 aliphatic heterocycles. The molecular formula is C31H30N8O2. The number of nitrogens with zero attached hydrogens (tertiary/aromatic N) is 5. The number of hydrogen-bond donors (Lipinski definition) is 4. The molecule has 0 aliphatic carbocycles. The van der Waals surface area contributed by atoms with Crippen LogP contribution in [0.2, 0.25) is 0 Å². The summed E-state index contributed by atoms with van der Waals surface area (Å²) in [5.41, 5.74) is 7.30. The van der Waals surface area contributed by atoms with Gasteiger partial charge in [-0.3, -0.25) is 10.1 Å². The van der Waals surface area contributed by atoms with E-state index in [2.05, 4.69) is 67.0 Å². The molecule has 0 radical (unpaired) electrons. The number of aromatic amines is 1. The highest BCUT2D eigenvalue weighted by molar-refractivity contribution is 5.76. The summed E-state index contributed by atoms with van der Waals surface area (Å²) in [6, 6.07) is 22.2. The van der Waals surface area contributed by atoms with Crippen LogP contribution in [0.15, 0.2) is 79.3 Å². The standard InChI is InChI=1S/C31H30N8O2/c1-21-27(24-6-3-2-4-7-24)8-5-9-28(21)29-37-31(39-38-29)36-26-15-25(19-33-11-12-40)30(35-20-26)41-13-10-22-14-23(16-32)18-34-17-22/h2-9,14-15,17-18,20,33,40H,10-13,19H2,1H3,(H2,36,37,38,39). The van der Waals surface area contributed by atoms with Crippen molar-refractivity contribution in [2.24, 2.45) is 0 Å². The third kappa shape index (κ3) is 6.91. The Hall–Kier alpha value is -5.11. The van der Waals surface area contributed by atoms with Crippen LogP contribution in [0, 0.1) is 18.3 Å². The van der Waals surface area contributed by atoms with E-state index in [4.69, 9.17) is 10.00 Å². The average Bonchev–Trinajstić information content (AvgIpc) is 3.47. The Bertz CT molecular complexity index is 1650. The molecule has 2 aromatic carbocycles. The molecule has 0 fully saturated rings. The van der Waals surface area contributed by atoms with Gasteiger partial charge in [0, 0.05) is 43.0 Å². The van der Waals surface area contributed by atoms with Crippen LogP contribution in [0.1, 0.15) is 22.3 Å². The summed E-state index contributed by atoms with van der Waals surface area (Å²) in [4.78, 5) is 13.3. The van der Waals surface area contributed by atoms with Crippen molar-refractivity contribution in [1.82, 2.24) is 30.5 Å². The van der Waals surface area contributed by atoms with Crippen LogP contribution in [-0.4, -0.2) is 50.0 Å². The Kier molecular flexibility index (Phi) is 8.91. The number of anilines is 2. The number of rotatable bonds is 12. The number of H-pyrrole nitrogens is 1. The fourth-order valence-electron chi connectivity index (χ4n) is 4.47. The van der Waals surface area contributed by atoms with Crippen molar-refractivity contribution in [3.63, 3.8) is 0 Å². The molecule has 5 rings (SSSR count). The van der Waals surface area contributed by atoms with Gasteiger partial charge in [-0.2, -0.15) is 10.2 Å². The summed E-state index contributed by atoms with van der Waals surface area (Å²) >= 11 is 0. The van der Waals surface area contributed by atoms with Gasteiger partial charge in [0.15, 0.2) is 5.82 Å². The molecule has 0 saturated heterocycles. The molecule has 0 spiro atoms. The summed E-state index contributed by atoms with van der Waals surface area (Å²) in [5.74, 6) is 1.56. The predicted molar refractivity (Wildman–Crippen MR) is 156 cm³/mol. The van der Waals surface area contributed by atoms with E-state index in [0.717, 1.165) is 33.4 Å². The van der Waals surface area contributed by atoms with Crippen molar-refractivity contribution in [3.05, 3.63) is 102 Å². The number of nitrogens with one attached hydrogen (secondary N) is 3. The third-order valence-corrected chi connectivity index (χ3v) is 6.50. The van der Waals surface area contributed by atoms with Crippen LogP contribution < -0.4 is 15.4 Å². The first-order valence-electron chi connectivity index (χ1n) is 13.3. The number of hydrogen-bond acceptors (Lipinski definition) is 9. The van der Waals surface area contributed by atoms with Gasteiger partial charge in [-0.15, -0.1) is 5.10 Å². The Labute approximate surface area is 238 Å². The van der Waals surface area contributed by atoms with E-state index < -0.39 is 0 Å². The first kappa shape index (κ1) is 27.5. The molecule has 41 heavy (non-hydrogen) atoms. The van der Waals surface area contributed by atoms with E-state index in [-0.39, 0.29) is 6.61 Å².